The lowest BCUT2D eigenvalue weighted by Crippen LogP contribution is -2.48. The maximum Gasteiger partial charge on any atom is 0.254 e. The first-order chi connectivity index (χ1) is 9.13. The summed E-state index contributed by atoms with van der Waals surface area (Å²) in [5.41, 5.74) is 0.679. The molecule has 104 valence electrons. The minimum absolute atomic E-state index is 0.0782. The molecular weight excluding hydrogens is 375 g/mol. The standard InChI is InChI=1S/C14H18ClIN2O/c1-2-18(11-4-3-7-17-9-11)14(19)10-5-6-13(16)12(15)8-10/h5-6,8,11,17H,2-4,7,9H2,1H3. The van der Waals surface area contributed by atoms with Gasteiger partial charge in [-0.3, -0.25) is 4.79 Å². The van der Waals surface area contributed by atoms with Gasteiger partial charge in [0.2, 0.25) is 0 Å². The lowest BCUT2D eigenvalue weighted by atomic mass is 10.0. The van der Waals surface area contributed by atoms with Crippen LogP contribution < -0.4 is 5.32 Å². The number of hydrogen-bond acceptors (Lipinski definition) is 2. The van der Waals surface area contributed by atoms with Gasteiger partial charge < -0.3 is 10.2 Å². The van der Waals surface area contributed by atoms with E-state index in [-0.39, 0.29) is 5.91 Å². The molecule has 1 aromatic rings. The summed E-state index contributed by atoms with van der Waals surface area (Å²) in [6.07, 6.45) is 2.20. The predicted octanol–water partition coefficient (Wildman–Crippen LogP) is 3.16. The van der Waals surface area contributed by atoms with Crippen LogP contribution in [0.3, 0.4) is 0 Å². The van der Waals surface area contributed by atoms with E-state index < -0.39 is 0 Å². The number of hydrogen-bond donors (Lipinski definition) is 1. The van der Waals surface area contributed by atoms with Crippen LogP contribution >= 0.6 is 34.2 Å². The fraction of sp³-hybridized carbons (Fsp3) is 0.500. The summed E-state index contributed by atoms with van der Waals surface area (Å²) in [6.45, 7) is 4.70. The van der Waals surface area contributed by atoms with Crippen molar-refractivity contribution in [2.45, 2.75) is 25.8 Å². The molecular formula is C14H18ClIN2O. The predicted molar refractivity (Wildman–Crippen MR) is 86.8 cm³/mol. The van der Waals surface area contributed by atoms with Gasteiger partial charge in [0, 0.05) is 28.3 Å². The minimum Gasteiger partial charge on any atom is -0.335 e. The van der Waals surface area contributed by atoms with Crippen LogP contribution in [0.4, 0.5) is 0 Å². The van der Waals surface area contributed by atoms with Crippen molar-refractivity contribution in [2.24, 2.45) is 0 Å². The number of rotatable bonds is 3. The molecule has 2 rings (SSSR count). The number of nitrogens with zero attached hydrogens (tertiary/aromatic N) is 1. The molecule has 1 amide bonds. The van der Waals surface area contributed by atoms with Crippen LogP contribution in [-0.2, 0) is 0 Å². The lowest BCUT2D eigenvalue weighted by molar-refractivity contribution is 0.0662. The Balaban J connectivity index is 2.17. The fourth-order valence-electron chi connectivity index (χ4n) is 2.46. The van der Waals surface area contributed by atoms with Crippen molar-refractivity contribution in [3.8, 4) is 0 Å². The van der Waals surface area contributed by atoms with Crippen LogP contribution in [0.2, 0.25) is 5.02 Å². The van der Waals surface area contributed by atoms with Gasteiger partial charge in [0.05, 0.1) is 5.02 Å². The molecule has 1 aromatic carbocycles. The average Bonchev–Trinajstić information content (AvgIpc) is 2.44. The fourth-order valence-corrected chi connectivity index (χ4v) is 2.98. The van der Waals surface area contributed by atoms with E-state index in [1.165, 1.54) is 0 Å². The number of halogens is 2. The normalized spacial score (nSPS) is 19.2. The van der Waals surface area contributed by atoms with Crippen LogP contribution in [0.25, 0.3) is 0 Å². The highest BCUT2D eigenvalue weighted by Crippen LogP contribution is 2.21. The van der Waals surface area contributed by atoms with Crippen molar-refractivity contribution >= 4 is 40.1 Å². The molecule has 1 fully saturated rings. The first-order valence-corrected chi connectivity index (χ1v) is 8.06. The molecule has 0 spiro atoms. The number of carbonyl (C=O) groups is 1. The van der Waals surface area contributed by atoms with Gasteiger partial charge in [0.15, 0.2) is 0 Å². The molecule has 5 heteroatoms. The molecule has 1 unspecified atom stereocenters. The van der Waals surface area contributed by atoms with Crippen LogP contribution in [-0.4, -0.2) is 36.5 Å². The van der Waals surface area contributed by atoms with Gasteiger partial charge in [-0.15, -0.1) is 0 Å². The highest BCUT2D eigenvalue weighted by atomic mass is 127. The Kier molecular flexibility index (Phi) is 5.47. The zero-order valence-electron chi connectivity index (χ0n) is 11.0. The Bertz CT molecular complexity index is 461. The Morgan fingerprint density at radius 1 is 1.58 bits per heavy atom. The maximum absolute atomic E-state index is 12.6. The van der Waals surface area contributed by atoms with E-state index in [9.17, 15) is 4.79 Å². The molecule has 0 aliphatic carbocycles. The summed E-state index contributed by atoms with van der Waals surface area (Å²) >= 11 is 8.27. The number of amides is 1. The number of likely N-dealkylation sites (N-methyl/N-ethyl adjacent to an activating group) is 1. The summed E-state index contributed by atoms with van der Waals surface area (Å²) in [4.78, 5) is 14.5. The molecule has 1 heterocycles. The van der Waals surface area contributed by atoms with Crippen LogP contribution in [0.1, 0.15) is 30.1 Å². The first kappa shape index (κ1) is 15.1. The quantitative estimate of drug-likeness (QED) is 0.802. The third kappa shape index (κ3) is 3.61. The summed E-state index contributed by atoms with van der Waals surface area (Å²) in [6, 6.07) is 5.81. The van der Waals surface area contributed by atoms with Gasteiger partial charge in [-0.05, 0) is 67.1 Å². The van der Waals surface area contributed by atoms with Gasteiger partial charge in [-0.2, -0.15) is 0 Å². The molecule has 1 aliphatic rings. The molecule has 0 radical (unpaired) electrons. The molecule has 0 saturated carbocycles. The number of carbonyl (C=O) groups excluding carboxylic acids is 1. The van der Waals surface area contributed by atoms with Crippen LogP contribution in [0.15, 0.2) is 18.2 Å². The third-order valence-electron chi connectivity index (χ3n) is 3.48. The number of benzene rings is 1. The monoisotopic (exact) mass is 392 g/mol. The van der Waals surface area contributed by atoms with E-state index in [0.29, 0.717) is 16.6 Å². The van der Waals surface area contributed by atoms with Gasteiger partial charge in [0.25, 0.3) is 5.91 Å². The molecule has 3 nitrogen and oxygen atoms in total. The van der Waals surface area contributed by atoms with E-state index in [1.807, 2.05) is 24.0 Å². The number of piperidine rings is 1. The highest BCUT2D eigenvalue weighted by Gasteiger charge is 2.25. The van der Waals surface area contributed by atoms with Crippen molar-refractivity contribution in [1.82, 2.24) is 10.2 Å². The largest absolute Gasteiger partial charge is 0.335 e. The Hall–Kier alpha value is -0.330. The molecule has 0 bridgehead atoms. The molecule has 0 aromatic heterocycles. The van der Waals surface area contributed by atoms with E-state index in [4.69, 9.17) is 11.6 Å². The zero-order valence-corrected chi connectivity index (χ0v) is 13.9. The van der Waals surface area contributed by atoms with Gasteiger partial charge in [0.1, 0.15) is 0 Å². The van der Waals surface area contributed by atoms with E-state index in [2.05, 4.69) is 27.9 Å². The second kappa shape index (κ2) is 6.90. The van der Waals surface area contributed by atoms with Crippen molar-refractivity contribution in [2.75, 3.05) is 19.6 Å². The van der Waals surface area contributed by atoms with Gasteiger partial charge >= 0.3 is 0 Å². The summed E-state index contributed by atoms with van der Waals surface area (Å²) in [7, 11) is 0. The van der Waals surface area contributed by atoms with Crippen LogP contribution in [0.5, 0.6) is 0 Å². The molecule has 19 heavy (non-hydrogen) atoms. The smallest absolute Gasteiger partial charge is 0.254 e. The maximum atomic E-state index is 12.6. The average molecular weight is 393 g/mol. The summed E-state index contributed by atoms with van der Waals surface area (Å²) in [5, 5.41) is 4.00. The minimum atomic E-state index is 0.0782. The second-order valence-electron chi connectivity index (χ2n) is 4.72. The Morgan fingerprint density at radius 2 is 2.37 bits per heavy atom. The van der Waals surface area contributed by atoms with Crippen molar-refractivity contribution < 1.29 is 4.79 Å². The SMILES string of the molecule is CCN(C(=O)c1ccc(I)c(Cl)c1)C1CCCNC1. The Morgan fingerprint density at radius 3 is 2.95 bits per heavy atom. The van der Waals surface area contributed by atoms with Crippen molar-refractivity contribution in [3.63, 3.8) is 0 Å². The molecule has 1 saturated heterocycles. The highest BCUT2D eigenvalue weighted by molar-refractivity contribution is 14.1. The summed E-state index contributed by atoms with van der Waals surface area (Å²) in [5.74, 6) is 0.0782. The third-order valence-corrected chi connectivity index (χ3v) is 5.05. The van der Waals surface area contributed by atoms with E-state index >= 15 is 0 Å². The van der Waals surface area contributed by atoms with Crippen molar-refractivity contribution in [1.29, 1.82) is 0 Å². The second-order valence-corrected chi connectivity index (χ2v) is 6.29. The summed E-state index contributed by atoms with van der Waals surface area (Å²) < 4.78 is 0.971. The van der Waals surface area contributed by atoms with Crippen LogP contribution in [0, 0.1) is 3.57 Å². The lowest BCUT2D eigenvalue weighted by Gasteiger charge is -2.34. The van der Waals surface area contributed by atoms with Gasteiger partial charge in [-0.1, -0.05) is 11.6 Å². The molecule has 1 atom stereocenters. The first-order valence-electron chi connectivity index (χ1n) is 6.60. The molecule has 1 N–H and O–H groups in total. The topological polar surface area (TPSA) is 32.3 Å². The van der Waals surface area contributed by atoms with Crippen molar-refractivity contribution in [3.05, 3.63) is 32.4 Å². The zero-order chi connectivity index (χ0) is 13.8. The number of nitrogens with one attached hydrogen (secondary N) is 1. The van der Waals surface area contributed by atoms with E-state index in [1.54, 1.807) is 6.07 Å². The Labute approximate surface area is 132 Å². The molecule has 1 aliphatic heterocycles. The van der Waals surface area contributed by atoms with E-state index in [0.717, 1.165) is 36.0 Å². The van der Waals surface area contributed by atoms with Gasteiger partial charge in [-0.25, -0.2) is 0 Å².